The molecule has 1 spiro atoms. The molecule has 0 bridgehead atoms. The van der Waals surface area contributed by atoms with Gasteiger partial charge in [0.15, 0.2) is 5.78 Å². The molecule has 2 saturated heterocycles. The minimum Gasteiger partial charge on any atom is -0.455 e. The average molecular weight is 1310 g/mol. The monoisotopic (exact) mass is 1300 g/mol. The number of benzene rings is 2. The van der Waals surface area contributed by atoms with Crippen LogP contribution in [0.25, 0.3) is 0 Å². The minimum atomic E-state index is -1.02. The molecule has 6 saturated carbocycles. The van der Waals surface area contributed by atoms with Crippen molar-refractivity contribution in [2.75, 3.05) is 39.3 Å². The lowest BCUT2D eigenvalue weighted by atomic mass is 9.42. The highest BCUT2D eigenvalue weighted by Gasteiger charge is 2.72. The molecule has 95 heavy (non-hydrogen) atoms. The van der Waals surface area contributed by atoms with Crippen LogP contribution in [0.4, 0.5) is 0 Å². The van der Waals surface area contributed by atoms with Crippen molar-refractivity contribution in [2.24, 2.45) is 75.4 Å². The number of ether oxygens (including phenoxy) is 3. The fraction of sp³-hybridized carbons (Fsp3) is 0.713. The van der Waals surface area contributed by atoms with Gasteiger partial charge in [0.2, 0.25) is 17.7 Å². The first-order valence-corrected chi connectivity index (χ1v) is 37.5. The number of cyclic esters (lactones) is 1. The SMILES string of the molecule is CC1=C2CC3C(CC=C4CC(O)CCC43C)C2CCC12OC1CC(C)CN(CCNC(=O)C(CCCCNC(=O)CCCCCNC(=O)COC3CCC4(C)C(CCC5C4CC(O)C4(C)C(C6C=CC(=O)O6)CCC54O)C3)Cc3ccc(C(=O)c4ccccc4)cc3)C1C2C. The lowest BCUT2D eigenvalue weighted by Crippen LogP contribution is -2.67. The lowest BCUT2D eigenvalue weighted by molar-refractivity contribution is -0.252. The number of fused-ring (bicyclic) bond motifs is 11. The Bertz CT molecular complexity index is 3240. The lowest BCUT2D eigenvalue weighted by Gasteiger charge is -2.65. The summed E-state index contributed by atoms with van der Waals surface area (Å²) in [6.45, 7) is 17.5. The first kappa shape index (κ1) is 68.5. The van der Waals surface area contributed by atoms with Crippen molar-refractivity contribution in [1.29, 1.82) is 0 Å². The van der Waals surface area contributed by atoms with Crippen molar-refractivity contribution >= 4 is 29.5 Å². The Morgan fingerprint density at radius 1 is 0.758 bits per heavy atom. The van der Waals surface area contributed by atoms with Gasteiger partial charge in [-0.3, -0.25) is 24.1 Å². The van der Waals surface area contributed by atoms with E-state index in [0.717, 1.165) is 121 Å². The number of likely N-dealkylation sites (tertiary alicyclic amines) is 1. The zero-order chi connectivity index (χ0) is 66.6. The third kappa shape index (κ3) is 12.9. The fourth-order valence-corrected chi connectivity index (χ4v) is 22.7. The Morgan fingerprint density at radius 3 is 2.31 bits per heavy atom. The number of piperidine rings is 1. The van der Waals surface area contributed by atoms with Gasteiger partial charge in [0.05, 0.1) is 35.6 Å². The van der Waals surface area contributed by atoms with E-state index in [2.05, 4.69) is 61.5 Å². The molecular weight excluding hydrogens is 1190 g/mol. The Kier molecular flexibility index (Phi) is 20.1. The van der Waals surface area contributed by atoms with Crippen LogP contribution in [-0.2, 0) is 39.8 Å². The van der Waals surface area contributed by atoms with Gasteiger partial charge in [-0.2, -0.15) is 0 Å². The van der Waals surface area contributed by atoms with Gasteiger partial charge < -0.3 is 45.5 Å². The highest BCUT2D eigenvalue weighted by atomic mass is 16.5. The number of nitrogens with zero attached hydrogens (tertiary/aromatic N) is 1. The Hall–Kier alpha value is -5.03. The largest absolute Gasteiger partial charge is 0.455 e. The van der Waals surface area contributed by atoms with Gasteiger partial charge in [-0.25, -0.2) is 4.79 Å². The molecule has 21 atom stereocenters. The van der Waals surface area contributed by atoms with Crippen molar-refractivity contribution in [3.8, 4) is 0 Å². The molecule has 518 valence electrons. The van der Waals surface area contributed by atoms with Crippen molar-refractivity contribution in [3.05, 3.63) is 106 Å². The van der Waals surface area contributed by atoms with E-state index in [1.165, 1.54) is 30.1 Å². The number of amides is 3. The number of aliphatic hydroxyl groups excluding tert-OH is 2. The van der Waals surface area contributed by atoms with Crippen molar-refractivity contribution in [2.45, 2.75) is 243 Å². The second-order valence-corrected chi connectivity index (χ2v) is 32.9. The maximum atomic E-state index is 14.5. The highest BCUT2D eigenvalue weighted by molar-refractivity contribution is 6.09. The molecule has 2 aromatic rings. The van der Waals surface area contributed by atoms with E-state index >= 15 is 0 Å². The zero-order valence-electron chi connectivity index (χ0n) is 57.9. The van der Waals surface area contributed by atoms with Gasteiger partial charge in [0.1, 0.15) is 12.7 Å². The second-order valence-electron chi connectivity index (χ2n) is 32.9. The Labute approximate surface area is 565 Å². The molecule has 3 amide bonds. The number of hydrogen-bond acceptors (Lipinski definition) is 12. The number of hydrogen-bond donors (Lipinski definition) is 6. The summed E-state index contributed by atoms with van der Waals surface area (Å²) in [6.07, 6.45) is 25.0. The van der Waals surface area contributed by atoms with Gasteiger partial charge >= 0.3 is 5.97 Å². The number of unbranched alkanes of at least 4 members (excludes halogenated alkanes) is 3. The molecule has 8 aliphatic carbocycles. The number of aliphatic hydroxyl groups is 3. The summed E-state index contributed by atoms with van der Waals surface area (Å²) in [4.78, 5) is 68.5. The summed E-state index contributed by atoms with van der Waals surface area (Å²) in [5.74, 6) is 2.53. The first-order valence-electron chi connectivity index (χ1n) is 37.5. The third-order valence-electron chi connectivity index (χ3n) is 28.1. The highest BCUT2D eigenvalue weighted by Crippen LogP contribution is 2.70. The van der Waals surface area contributed by atoms with Crippen LogP contribution in [0.1, 0.15) is 211 Å². The van der Waals surface area contributed by atoms with E-state index in [9.17, 15) is 39.3 Å². The molecule has 3 aliphatic heterocycles. The number of rotatable bonds is 23. The van der Waals surface area contributed by atoms with Crippen LogP contribution < -0.4 is 16.0 Å². The quantitative estimate of drug-likeness (QED) is 0.0265. The first-order chi connectivity index (χ1) is 45.6. The van der Waals surface area contributed by atoms with E-state index in [0.29, 0.717) is 105 Å². The molecule has 21 unspecified atom stereocenters. The molecule has 8 fully saturated rings. The van der Waals surface area contributed by atoms with E-state index in [1.54, 1.807) is 11.6 Å². The van der Waals surface area contributed by atoms with Gasteiger partial charge in [-0.15, -0.1) is 0 Å². The molecule has 15 nitrogen and oxygen atoms in total. The molecule has 0 radical (unpaired) electrons. The number of allylic oxidation sites excluding steroid dienone is 2. The maximum absolute atomic E-state index is 14.5. The third-order valence-corrected chi connectivity index (χ3v) is 28.1. The van der Waals surface area contributed by atoms with Crippen LogP contribution in [0.15, 0.2) is 89.5 Å². The predicted octanol–water partition coefficient (Wildman–Crippen LogP) is 11.5. The van der Waals surface area contributed by atoms with Gasteiger partial charge in [-0.05, 0) is 211 Å². The van der Waals surface area contributed by atoms with Crippen LogP contribution in [0, 0.1) is 75.4 Å². The van der Waals surface area contributed by atoms with Crippen molar-refractivity contribution in [3.63, 3.8) is 0 Å². The van der Waals surface area contributed by atoms with E-state index < -0.39 is 23.2 Å². The predicted molar refractivity (Wildman–Crippen MR) is 365 cm³/mol. The number of esters is 1. The number of carbonyl (C=O) groups is 5. The van der Waals surface area contributed by atoms with Crippen LogP contribution in [0.3, 0.4) is 0 Å². The summed E-state index contributed by atoms with van der Waals surface area (Å²) < 4.78 is 19.4. The molecule has 15 heteroatoms. The Balaban J connectivity index is 0.539. The molecule has 3 heterocycles. The standard InChI is InChI=1S/C80H112N4O11/c1-49-41-68-73(51(3)79(95-68)35-31-60-61-25-23-56-43-58(85)29-33-76(56,4)65(61)45-62(60)50(79)2)84(47-49)40-39-83-75(91)55(42-52-19-21-54(22-20-52)74(90)53-15-9-7-10-16-53)17-12-14-38-81-70(87)18-11-8-13-37-82-71(88)48-93-59-30-34-77(5)57(44-59)24-26-63-66(77)46-69(86)78(6)64(32-36-80(63,78)92)67-27-28-72(89)94-67/h7,9-10,15-16,19-23,27-28,49,51,55,57-61,63-69,73,85-86,92H,8,11-14,17-18,24-26,29-48H2,1-6H3,(H,81,87)(H,82,88)(H,83,91). The number of carbonyl (C=O) groups excluding carboxylic acids is 5. The molecule has 6 N–H and O–H groups in total. The number of ketones is 1. The van der Waals surface area contributed by atoms with Gasteiger partial charge in [-0.1, -0.05) is 119 Å². The maximum Gasteiger partial charge on any atom is 0.331 e. The smallest absolute Gasteiger partial charge is 0.331 e. The van der Waals surface area contributed by atoms with Crippen molar-refractivity contribution < 1.29 is 53.5 Å². The van der Waals surface area contributed by atoms with Crippen LogP contribution >= 0.6 is 0 Å². The summed E-state index contributed by atoms with van der Waals surface area (Å²) in [6, 6.07) is 17.3. The van der Waals surface area contributed by atoms with E-state index in [1.807, 2.05) is 61.5 Å². The number of nitrogens with one attached hydrogen (secondary N) is 3. The molecule has 0 aromatic heterocycles. The van der Waals surface area contributed by atoms with Crippen LogP contribution in [0.2, 0.25) is 0 Å². The van der Waals surface area contributed by atoms with Crippen LogP contribution in [0.5, 0.6) is 0 Å². The molecule has 13 rings (SSSR count). The second kappa shape index (κ2) is 27.9. The van der Waals surface area contributed by atoms with Crippen LogP contribution in [-0.4, -0.2) is 137 Å². The molecular formula is C80H112N4O11. The topological polar surface area (TPSA) is 213 Å². The van der Waals surface area contributed by atoms with Crippen molar-refractivity contribution in [1.82, 2.24) is 20.9 Å². The van der Waals surface area contributed by atoms with Gasteiger partial charge in [0, 0.05) is 85.6 Å². The minimum absolute atomic E-state index is 0.00998. The summed E-state index contributed by atoms with van der Waals surface area (Å²) in [7, 11) is 0. The molecule has 2 aromatic carbocycles. The fourth-order valence-electron chi connectivity index (χ4n) is 22.7. The average Bonchev–Trinajstić information content (AvgIpc) is 1.63. The Morgan fingerprint density at radius 2 is 1.53 bits per heavy atom. The molecule has 11 aliphatic rings. The summed E-state index contributed by atoms with van der Waals surface area (Å²) >= 11 is 0. The van der Waals surface area contributed by atoms with E-state index in [-0.39, 0.29) is 101 Å². The summed E-state index contributed by atoms with van der Waals surface area (Å²) in [5, 5.41) is 44.7. The normalized spacial score (nSPS) is 39.5. The van der Waals surface area contributed by atoms with Gasteiger partial charge in [0.25, 0.3) is 0 Å². The van der Waals surface area contributed by atoms with E-state index in [4.69, 9.17) is 14.2 Å². The summed E-state index contributed by atoms with van der Waals surface area (Å²) in [5.41, 5.74) is 5.08. The zero-order valence-corrected chi connectivity index (χ0v) is 57.9.